The van der Waals surface area contributed by atoms with Crippen LogP contribution in [-0.4, -0.2) is 30.1 Å². The Hall–Kier alpha value is -1.92. The molecule has 0 aliphatic heterocycles. The highest BCUT2D eigenvalue weighted by molar-refractivity contribution is 7.21. The number of nitrogens with one attached hydrogen (secondary N) is 2. The summed E-state index contributed by atoms with van der Waals surface area (Å²) in [5.41, 5.74) is 0.791. The van der Waals surface area contributed by atoms with Crippen LogP contribution in [0.4, 0.5) is 0 Å². The summed E-state index contributed by atoms with van der Waals surface area (Å²) in [6.07, 6.45) is 0.387. The zero-order chi connectivity index (χ0) is 15.2. The zero-order valence-corrected chi connectivity index (χ0v) is 12.6. The van der Waals surface area contributed by atoms with Crippen LogP contribution in [0.1, 0.15) is 28.6 Å². The second-order valence-electron chi connectivity index (χ2n) is 4.59. The van der Waals surface area contributed by atoms with Crippen molar-refractivity contribution < 1.29 is 14.7 Å². The molecule has 0 saturated heterocycles. The van der Waals surface area contributed by atoms with Gasteiger partial charge in [0.1, 0.15) is 4.88 Å². The number of fused-ring (bicyclic) bond motifs is 1. The predicted octanol–water partition coefficient (Wildman–Crippen LogP) is 2.22. The largest absolute Gasteiger partial charge is 0.477 e. The number of carboxylic acid groups (broad SMARTS) is 1. The maximum atomic E-state index is 11.3. The lowest BCUT2D eigenvalue weighted by atomic mass is 10.1. The fourth-order valence-corrected chi connectivity index (χ4v) is 3.21. The first-order valence-electron chi connectivity index (χ1n) is 6.84. The SMILES string of the molecule is CCNC(=O)CCNCc1c(C(=O)O)sc2ccccc12. The molecule has 0 radical (unpaired) electrons. The van der Waals surface area contributed by atoms with E-state index in [-0.39, 0.29) is 5.91 Å². The number of thiophene rings is 1. The Labute approximate surface area is 127 Å². The Morgan fingerprint density at radius 1 is 1.29 bits per heavy atom. The number of hydrogen-bond donors (Lipinski definition) is 3. The van der Waals surface area contributed by atoms with Crippen molar-refractivity contribution in [2.45, 2.75) is 19.9 Å². The van der Waals surface area contributed by atoms with Gasteiger partial charge in [-0.15, -0.1) is 11.3 Å². The molecule has 1 amide bonds. The zero-order valence-electron chi connectivity index (χ0n) is 11.8. The number of amides is 1. The molecule has 5 nitrogen and oxygen atoms in total. The molecule has 21 heavy (non-hydrogen) atoms. The first-order valence-corrected chi connectivity index (χ1v) is 7.66. The molecule has 0 unspecified atom stereocenters. The van der Waals surface area contributed by atoms with Crippen LogP contribution in [0.2, 0.25) is 0 Å². The van der Waals surface area contributed by atoms with Gasteiger partial charge in [0.25, 0.3) is 0 Å². The summed E-state index contributed by atoms with van der Waals surface area (Å²) < 4.78 is 0.968. The van der Waals surface area contributed by atoms with Crippen LogP contribution in [0.25, 0.3) is 10.1 Å². The molecule has 0 atom stereocenters. The third-order valence-corrected chi connectivity index (χ3v) is 4.30. The van der Waals surface area contributed by atoms with E-state index in [1.54, 1.807) is 0 Å². The van der Waals surface area contributed by atoms with Gasteiger partial charge in [-0.3, -0.25) is 4.79 Å². The molecule has 0 fully saturated rings. The Morgan fingerprint density at radius 3 is 2.76 bits per heavy atom. The molecule has 1 heterocycles. The lowest BCUT2D eigenvalue weighted by Crippen LogP contribution is -2.27. The molecule has 3 N–H and O–H groups in total. The van der Waals surface area contributed by atoms with Crippen LogP contribution in [0.3, 0.4) is 0 Å². The lowest BCUT2D eigenvalue weighted by molar-refractivity contribution is -0.120. The van der Waals surface area contributed by atoms with E-state index in [1.165, 1.54) is 11.3 Å². The average molecular weight is 306 g/mol. The van der Waals surface area contributed by atoms with Crippen LogP contribution in [-0.2, 0) is 11.3 Å². The molecule has 2 aromatic rings. The first kappa shape index (κ1) is 15.5. The molecule has 0 aliphatic rings. The molecule has 0 aliphatic carbocycles. The number of hydrogen-bond acceptors (Lipinski definition) is 4. The Morgan fingerprint density at radius 2 is 2.05 bits per heavy atom. The van der Waals surface area contributed by atoms with E-state index in [0.29, 0.717) is 30.9 Å². The van der Waals surface area contributed by atoms with Gasteiger partial charge in [0.2, 0.25) is 5.91 Å². The van der Waals surface area contributed by atoms with Gasteiger partial charge in [-0.05, 0) is 23.9 Å². The molecule has 0 spiro atoms. The van der Waals surface area contributed by atoms with Crippen LogP contribution in [0.15, 0.2) is 24.3 Å². The minimum Gasteiger partial charge on any atom is -0.477 e. The number of carboxylic acids is 1. The summed E-state index contributed by atoms with van der Waals surface area (Å²) in [6, 6.07) is 7.65. The van der Waals surface area contributed by atoms with Crippen molar-refractivity contribution in [2.75, 3.05) is 13.1 Å². The van der Waals surface area contributed by atoms with Crippen molar-refractivity contribution in [3.63, 3.8) is 0 Å². The summed E-state index contributed by atoms with van der Waals surface area (Å²) in [5.74, 6) is -0.907. The highest BCUT2D eigenvalue weighted by atomic mass is 32.1. The maximum Gasteiger partial charge on any atom is 0.346 e. The van der Waals surface area contributed by atoms with E-state index >= 15 is 0 Å². The predicted molar refractivity (Wildman–Crippen MR) is 83.8 cm³/mol. The van der Waals surface area contributed by atoms with Gasteiger partial charge in [-0.1, -0.05) is 18.2 Å². The van der Waals surface area contributed by atoms with Crippen LogP contribution in [0, 0.1) is 0 Å². The standard InChI is InChI=1S/C15H18N2O3S/c1-2-17-13(18)7-8-16-9-11-10-5-3-4-6-12(10)21-14(11)15(19)20/h3-6,16H,2,7-9H2,1H3,(H,17,18)(H,19,20). The summed E-state index contributed by atoms with van der Waals surface area (Å²) in [7, 11) is 0. The Kier molecular flexibility index (Phi) is 5.30. The molecule has 6 heteroatoms. The monoisotopic (exact) mass is 306 g/mol. The molecular weight excluding hydrogens is 288 g/mol. The van der Waals surface area contributed by atoms with Gasteiger partial charge >= 0.3 is 5.97 Å². The van der Waals surface area contributed by atoms with Gasteiger partial charge in [0.05, 0.1) is 0 Å². The Bertz CT molecular complexity index is 651. The molecule has 112 valence electrons. The summed E-state index contributed by atoms with van der Waals surface area (Å²) in [4.78, 5) is 23.0. The molecule has 2 rings (SSSR count). The van der Waals surface area contributed by atoms with Crippen molar-refractivity contribution in [1.29, 1.82) is 0 Å². The van der Waals surface area contributed by atoms with Crippen LogP contribution < -0.4 is 10.6 Å². The third-order valence-electron chi connectivity index (χ3n) is 3.10. The van der Waals surface area contributed by atoms with E-state index in [9.17, 15) is 14.7 Å². The van der Waals surface area contributed by atoms with Crippen LogP contribution in [0.5, 0.6) is 0 Å². The van der Waals surface area contributed by atoms with Gasteiger partial charge in [-0.2, -0.15) is 0 Å². The summed E-state index contributed by atoms with van der Waals surface area (Å²) in [6.45, 7) is 3.47. The molecule has 1 aromatic carbocycles. The topological polar surface area (TPSA) is 78.4 Å². The van der Waals surface area contributed by atoms with E-state index in [4.69, 9.17) is 0 Å². The summed E-state index contributed by atoms with van der Waals surface area (Å²) in [5, 5.41) is 16.1. The van der Waals surface area contributed by atoms with Gasteiger partial charge in [0, 0.05) is 30.8 Å². The third kappa shape index (κ3) is 3.80. The number of carbonyl (C=O) groups is 2. The highest BCUT2D eigenvalue weighted by Crippen LogP contribution is 2.31. The number of aromatic carboxylic acids is 1. The molecule has 0 saturated carbocycles. The van der Waals surface area contributed by atoms with Crippen molar-refractivity contribution in [3.05, 3.63) is 34.7 Å². The van der Waals surface area contributed by atoms with E-state index in [1.807, 2.05) is 31.2 Å². The number of rotatable bonds is 7. The van der Waals surface area contributed by atoms with Gasteiger partial charge < -0.3 is 15.7 Å². The van der Waals surface area contributed by atoms with E-state index < -0.39 is 5.97 Å². The number of carbonyl (C=O) groups excluding carboxylic acids is 1. The molecule has 1 aromatic heterocycles. The van der Waals surface area contributed by atoms with E-state index in [2.05, 4.69) is 10.6 Å². The van der Waals surface area contributed by atoms with Crippen molar-refractivity contribution in [2.24, 2.45) is 0 Å². The normalized spacial score (nSPS) is 10.7. The van der Waals surface area contributed by atoms with Gasteiger partial charge in [0.15, 0.2) is 0 Å². The second kappa shape index (κ2) is 7.19. The second-order valence-corrected chi connectivity index (χ2v) is 5.64. The summed E-state index contributed by atoms with van der Waals surface area (Å²) >= 11 is 1.29. The van der Waals surface area contributed by atoms with Crippen LogP contribution >= 0.6 is 11.3 Å². The molecule has 0 bridgehead atoms. The van der Waals surface area contributed by atoms with Gasteiger partial charge in [-0.25, -0.2) is 4.79 Å². The maximum absolute atomic E-state index is 11.3. The highest BCUT2D eigenvalue weighted by Gasteiger charge is 2.16. The quantitative estimate of drug-likeness (QED) is 0.685. The first-order chi connectivity index (χ1) is 10.1. The smallest absolute Gasteiger partial charge is 0.346 e. The van der Waals surface area contributed by atoms with Crippen molar-refractivity contribution >= 4 is 33.3 Å². The fourth-order valence-electron chi connectivity index (χ4n) is 2.15. The van der Waals surface area contributed by atoms with Crippen molar-refractivity contribution in [1.82, 2.24) is 10.6 Å². The minimum absolute atomic E-state index is 0.00126. The lowest BCUT2D eigenvalue weighted by Gasteiger charge is -2.06. The number of benzene rings is 1. The minimum atomic E-state index is -0.906. The average Bonchev–Trinajstić information content (AvgIpc) is 2.83. The Balaban J connectivity index is 2.05. The fraction of sp³-hybridized carbons (Fsp3) is 0.333. The van der Waals surface area contributed by atoms with E-state index in [0.717, 1.165) is 15.6 Å². The molecular formula is C15H18N2O3S. The van der Waals surface area contributed by atoms with Crippen molar-refractivity contribution in [3.8, 4) is 0 Å².